The van der Waals surface area contributed by atoms with Gasteiger partial charge in [0.05, 0.1) is 22.3 Å². The molecule has 1 N–H and O–H groups in total. The van der Waals surface area contributed by atoms with Gasteiger partial charge in [-0.05, 0) is 38.2 Å². The van der Waals surface area contributed by atoms with Crippen molar-refractivity contribution in [2.24, 2.45) is 0 Å². The van der Waals surface area contributed by atoms with E-state index in [1.165, 1.54) is 0 Å². The van der Waals surface area contributed by atoms with Crippen molar-refractivity contribution in [3.05, 3.63) is 27.3 Å². The SMILES string of the molecule is OC1(c2c(Br)cc3c(cnn3C3CCCCO3)c2Cl)CC1. The lowest BCUT2D eigenvalue weighted by atomic mass is 10.1. The van der Waals surface area contributed by atoms with Crippen molar-refractivity contribution >= 4 is 38.4 Å². The van der Waals surface area contributed by atoms with E-state index in [0.29, 0.717) is 5.02 Å². The third kappa shape index (κ3) is 2.22. The van der Waals surface area contributed by atoms with Crippen LogP contribution in [0.5, 0.6) is 0 Å². The van der Waals surface area contributed by atoms with Crippen LogP contribution in [0.15, 0.2) is 16.7 Å². The van der Waals surface area contributed by atoms with E-state index < -0.39 is 5.60 Å². The van der Waals surface area contributed by atoms with Gasteiger partial charge in [-0.2, -0.15) is 5.10 Å². The summed E-state index contributed by atoms with van der Waals surface area (Å²) in [5.41, 5.74) is 0.973. The van der Waals surface area contributed by atoms with Crippen LogP contribution in [0, 0.1) is 0 Å². The zero-order chi connectivity index (χ0) is 14.6. The lowest BCUT2D eigenvalue weighted by molar-refractivity contribution is -0.0366. The number of nitrogens with zero attached hydrogens (tertiary/aromatic N) is 2. The van der Waals surface area contributed by atoms with Crippen molar-refractivity contribution in [2.75, 3.05) is 6.61 Å². The molecule has 1 aromatic heterocycles. The summed E-state index contributed by atoms with van der Waals surface area (Å²) in [6, 6.07) is 2.00. The van der Waals surface area contributed by atoms with Crippen LogP contribution in [0.25, 0.3) is 10.9 Å². The molecule has 1 aromatic carbocycles. The minimum atomic E-state index is -0.770. The molecule has 0 spiro atoms. The fraction of sp³-hybridized carbons (Fsp3) is 0.533. The van der Waals surface area contributed by atoms with Gasteiger partial charge in [0.2, 0.25) is 0 Å². The lowest BCUT2D eigenvalue weighted by Gasteiger charge is -2.24. The Hall–Kier alpha value is -0.620. The molecule has 1 unspecified atom stereocenters. The molecule has 112 valence electrons. The first-order valence-electron chi connectivity index (χ1n) is 7.30. The summed E-state index contributed by atoms with van der Waals surface area (Å²) >= 11 is 10.1. The smallest absolute Gasteiger partial charge is 0.150 e. The molecule has 0 amide bonds. The van der Waals surface area contributed by atoms with Crippen molar-refractivity contribution in [2.45, 2.75) is 43.9 Å². The van der Waals surface area contributed by atoms with E-state index >= 15 is 0 Å². The second-order valence-electron chi connectivity index (χ2n) is 5.92. The Morgan fingerprint density at radius 3 is 2.90 bits per heavy atom. The van der Waals surface area contributed by atoms with E-state index in [-0.39, 0.29) is 6.23 Å². The monoisotopic (exact) mass is 370 g/mol. The molecule has 2 aromatic rings. The van der Waals surface area contributed by atoms with Crippen LogP contribution in [0.1, 0.15) is 43.9 Å². The lowest BCUT2D eigenvalue weighted by Crippen LogP contribution is -2.19. The van der Waals surface area contributed by atoms with Gasteiger partial charge in [0.15, 0.2) is 6.23 Å². The van der Waals surface area contributed by atoms with Crippen molar-refractivity contribution in [3.63, 3.8) is 0 Å². The summed E-state index contributed by atoms with van der Waals surface area (Å²) in [5.74, 6) is 0. The number of aromatic nitrogens is 2. The Bertz CT molecular complexity index is 705. The van der Waals surface area contributed by atoms with Crippen LogP contribution in [0.2, 0.25) is 5.02 Å². The van der Waals surface area contributed by atoms with Gasteiger partial charge in [-0.3, -0.25) is 0 Å². The summed E-state index contributed by atoms with van der Waals surface area (Å²) in [7, 11) is 0. The minimum Gasteiger partial charge on any atom is -0.385 e. The molecule has 2 aliphatic rings. The minimum absolute atomic E-state index is 0.0194. The number of fused-ring (bicyclic) bond motifs is 1. The molecule has 1 saturated heterocycles. The molecule has 1 saturated carbocycles. The van der Waals surface area contributed by atoms with E-state index in [0.717, 1.165) is 59.7 Å². The van der Waals surface area contributed by atoms with Crippen LogP contribution in [0.3, 0.4) is 0 Å². The van der Waals surface area contributed by atoms with Gasteiger partial charge in [0.25, 0.3) is 0 Å². The Kier molecular flexibility index (Phi) is 3.30. The Morgan fingerprint density at radius 2 is 2.24 bits per heavy atom. The fourth-order valence-corrected chi connectivity index (χ4v) is 4.38. The van der Waals surface area contributed by atoms with Gasteiger partial charge in [-0.1, -0.05) is 27.5 Å². The summed E-state index contributed by atoms with van der Waals surface area (Å²) in [5, 5.41) is 16.4. The molecule has 1 aliphatic heterocycles. The number of aliphatic hydroxyl groups is 1. The number of benzene rings is 1. The van der Waals surface area contributed by atoms with Gasteiger partial charge in [-0.15, -0.1) is 0 Å². The molecule has 1 aliphatic carbocycles. The topological polar surface area (TPSA) is 47.3 Å². The van der Waals surface area contributed by atoms with Gasteiger partial charge in [0.1, 0.15) is 0 Å². The van der Waals surface area contributed by atoms with Crippen LogP contribution in [-0.2, 0) is 10.3 Å². The Labute approximate surface area is 136 Å². The number of ether oxygens (including phenoxy) is 1. The maximum Gasteiger partial charge on any atom is 0.150 e. The highest BCUT2D eigenvalue weighted by Gasteiger charge is 2.45. The zero-order valence-electron chi connectivity index (χ0n) is 11.5. The van der Waals surface area contributed by atoms with Crippen LogP contribution >= 0.6 is 27.5 Å². The van der Waals surface area contributed by atoms with E-state index in [9.17, 15) is 5.11 Å². The summed E-state index contributed by atoms with van der Waals surface area (Å²) < 4.78 is 8.57. The summed E-state index contributed by atoms with van der Waals surface area (Å²) in [4.78, 5) is 0. The molecular formula is C15H16BrClN2O2. The molecular weight excluding hydrogens is 356 g/mol. The predicted molar refractivity (Wildman–Crippen MR) is 84.4 cm³/mol. The predicted octanol–water partition coefficient (Wildman–Crippen LogP) is 4.13. The Balaban J connectivity index is 1.85. The largest absolute Gasteiger partial charge is 0.385 e. The molecule has 6 heteroatoms. The third-order valence-electron chi connectivity index (χ3n) is 4.41. The molecule has 2 fully saturated rings. The first kappa shape index (κ1) is 14.0. The maximum absolute atomic E-state index is 10.4. The molecule has 0 radical (unpaired) electrons. The third-order valence-corrected chi connectivity index (χ3v) is 5.43. The van der Waals surface area contributed by atoms with Crippen LogP contribution in [0.4, 0.5) is 0 Å². The average Bonchev–Trinajstić information content (AvgIpc) is 3.06. The molecule has 0 bridgehead atoms. The Morgan fingerprint density at radius 1 is 1.43 bits per heavy atom. The van der Waals surface area contributed by atoms with E-state index in [2.05, 4.69) is 21.0 Å². The molecule has 4 rings (SSSR count). The zero-order valence-corrected chi connectivity index (χ0v) is 13.8. The fourth-order valence-electron chi connectivity index (χ4n) is 3.06. The second kappa shape index (κ2) is 4.95. The quantitative estimate of drug-likeness (QED) is 0.863. The second-order valence-corrected chi connectivity index (χ2v) is 7.15. The first-order chi connectivity index (χ1) is 10.1. The van der Waals surface area contributed by atoms with Gasteiger partial charge >= 0.3 is 0 Å². The highest BCUT2D eigenvalue weighted by atomic mass is 79.9. The van der Waals surface area contributed by atoms with Crippen molar-refractivity contribution in [3.8, 4) is 0 Å². The number of rotatable bonds is 2. The number of hydrogen-bond donors (Lipinski definition) is 1. The van der Waals surface area contributed by atoms with E-state index in [1.54, 1.807) is 6.20 Å². The van der Waals surface area contributed by atoms with E-state index in [4.69, 9.17) is 16.3 Å². The molecule has 4 nitrogen and oxygen atoms in total. The average molecular weight is 372 g/mol. The van der Waals surface area contributed by atoms with Gasteiger partial charge in [-0.25, -0.2) is 4.68 Å². The normalized spacial score (nSPS) is 24.4. The van der Waals surface area contributed by atoms with Gasteiger partial charge < -0.3 is 9.84 Å². The van der Waals surface area contributed by atoms with Crippen LogP contribution < -0.4 is 0 Å². The molecule has 2 heterocycles. The van der Waals surface area contributed by atoms with Gasteiger partial charge in [0, 0.05) is 22.0 Å². The van der Waals surface area contributed by atoms with Crippen molar-refractivity contribution < 1.29 is 9.84 Å². The molecule has 1 atom stereocenters. The van der Waals surface area contributed by atoms with E-state index in [1.807, 2.05) is 10.7 Å². The summed E-state index contributed by atoms with van der Waals surface area (Å²) in [6.45, 7) is 0.777. The first-order valence-corrected chi connectivity index (χ1v) is 8.47. The molecule has 21 heavy (non-hydrogen) atoms. The van der Waals surface area contributed by atoms with Crippen molar-refractivity contribution in [1.29, 1.82) is 0 Å². The highest BCUT2D eigenvalue weighted by molar-refractivity contribution is 9.10. The number of hydrogen-bond acceptors (Lipinski definition) is 3. The number of halogens is 2. The standard InChI is InChI=1S/C15H16BrClN2O2/c16-10-7-11-9(14(17)13(10)15(20)4-5-15)8-18-19(11)12-3-1-2-6-21-12/h7-8,12,20H,1-6H2. The summed E-state index contributed by atoms with van der Waals surface area (Å²) in [6.07, 6.45) is 6.51. The van der Waals surface area contributed by atoms with Crippen LogP contribution in [-0.4, -0.2) is 21.5 Å². The van der Waals surface area contributed by atoms with Crippen molar-refractivity contribution in [1.82, 2.24) is 9.78 Å². The highest BCUT2D eigenvalue weighted by Crippen LogP contribution is 2.52. The maximum atomic E-state index is 10.4.